The summed E-state index contributed by atoms with van der Waals surface area (Å²) in [7, 11) is 1.67. The van der Waals surface area contributed by atoms with Crippen molar-refractivity contribution in [2.24, 2.45) is 5.92 Å². The van der Waals surface area contributed by atoms with Crippen molar-refractivity contribution in [3.8, 4) is 0 Å². The minimum absolute atomic E-state index is 0.259. The number of nitrogens with zero attached hydrogens (tertiary/aromatic N) is 1. The van der Waals surface area contributed by atoms with Crippen molar-refractivity contribution >= 4 is 5.91 Å². The van der Waals surface area contributed by atoms with Crippen molar-refractivity contribution in [1.29, 1.82) is 0 Å². The monoisotopic (exact) mass is 242 g/mol. The Morgan fingerprint density at radius 1 is 1.53 bits per heavy atom. The second-order valence-corrected chi connectivity index (χ2v) is 5.09. The molecule has 1 aliphatic rings. The number of ether oxygens (including phenoxy) is 1. The Morgan fingerprint density at radius 3 is 2.82 bits per heavy atom. The molecule has 0 aromatic heterocycles. The summed E-state index contributed by atoms with van der Waals surface area (Å²) in [5.41, 5.74) is 0. The smallest absolute Gasteiger partial charge is 0.223 e. The van der Waals surface area contributed by atoms with Gasteiger partial charge < -0.3 is 15.0 Å². The number of methoxy groups -OCH3 is 1. The SMILES string of the molecule is COCCN(C(=O)CC1CCCNC1)C(C)C. The van der Waals surface area contributed by atoms with Crippen LogP contribution in [0.4, 0.5) is 0 Å². The summed E-state index contributed by atoms with van der Waals surface area (Å²) in [4.78, 5) is 14.1. The minimum atomic E-state index is 0.259. The van der Waals surface area contributed by atoms with Crippen molar-refractivity contribution in [2.75, 3.05) is 33.4 Å². The average molecular weight is 242 g/mol. The van der Waals surface area contributed by atoms with E-state index in [0.29, 0.717) is 25.5 Å². The lowest BCUT2D eigenvalue weighted by Crippen LogP contribution is -2.41. The first-order chi connectivity index (χ1) is 8.15. The molecule has 0 aromatic carbocycles. The fourth-order valence-electron chi connectivity index (χ4n) is 2.32. The molecule has 1 rings (SSSR count). The van der Waals surface area contributed by atoms with Gasteiger partial charge in [0.25, 0.3) is 0 Å². The van der Waals surface area contributed by atoms with E-state index in [2.05, 4.69) is 19.2 Å². The summed E-state index contributed by atoms with van der Waals surface area (Å²) in [6.07, 6.45) is 3.04. The molecule has 1 atom stereocenters. The van der Waals surface area contributed by atoms with Gasteiger partial charge in [0.2, 0.25) is 5.91 Å². The zero-order valence-corrected chi connectivity index (χ0v) is 11.4. The number of hydrogen-bond acceptors (Lipinski definition) is 3. The van der Waals surface area contributed by atoms with Crippen molar-refractivity contribution in [2.45, 2.75) is 39.2 Å². The van der Waals surface area contributed by atoms with Crippen LogP contribution in [-0.2, 0) is 9.53 Å². The molecule has 17 heavy (non-hydrogen) atoms. The molecule has 1 N–H and O–H groups in total. The van der Waals surface area contributed by atoms with E-state index in [4.69, 9.17) is 4.74 Å². The van der Waals surface area contributed by atoms with E-state index >= 15 is 0 Å². The van der Waals surface area contributed by atoms with E-state index in [1.807, 2.05) is 4.90 Å². The van der Waals surface area contributed by atoms with Crippen LogP contribution in [0.25, 0.3) is 0 Å². The van der Waals surface area contributed by atoms with Crippen molar-refractivity contribution in [3.05, 3.63) is 0 Å². The van der Waals surface area contributed by atoms with Crippen molar-refractivity contribution in [1.82, 2.24) is 10.2 Å². The van der Waals surface area contributed by atoms with E-state index in [1.54, 1.807) is 7.11 Å². The predicted octanol–water partition coefficient (Wildman–Crippen LogP) is 1.26. The molecule has 4 nitrogen and oxygen atoms in total. The van der Waals surface area contributed by atoms with Crippen LogP contribution in [0.2, 0.25) is 0 Å². The lowest BCUT2D eigenvalue weighted by atomic mass is 9.95. The molecule has 1 amide bonds. The molecule has 1 unspecified atom stereocenters. The first kappa shape index (κ1) is 14.5. The Labute approximate surface area is 105 Å². The number of piperidine rings is 1. The van der Waals surface area contributed by atoms with E-state index in [1.165, 1.54) is 12.8 Å². The van der Waals surface area contributed by atoms with Crippen LogP contribution in [0.5, 0.6) is 0 Å². The number of nitrogens with one attached hydrogen (secondary N) is 1. The predicted molar refractivity (Wildman–Crippen MR) is 68.9 cm³/mol. The maximum Gasteiger partial charge on any atom is 0.223 e. The van der Waals surface area contributed by atoms with Gasteiger partial charge in [-0.05, 0) is 45.7 Å². The van der Waals surface area contributed by atoms with Gasteiger partial charge in [-0.1, -0.05) is 0 Å². The Balaban J connectivity index is 2.40. The fourth-order valence-corrected chi connectivity index (χ4v) is 2.32. The molecule has 100 valence electrons. The zero-order chi connectivity index (χ0) is 12.7. The Morgan fingerprint density at radius 2 is 2.29 bits per heavy atom. The molecule has 0 aliphatic carbocycles. The molecule has 1 fully saturated rings. The fraction of sp³-hybridized carbons (Fsp3) is 0.923. The highest BCUT2D eigenvalue weighted by molar-refractivity contribution is 5.76. The molecular weight excluding hydrogens is 216 g/mol. The molecule has 1 heterocycles. The number of hydrogen-bond donors (Lipinski definition) is 1. The first-order valence-electron chi connectivity index (χ1n) is 6.64. The van der Waals surface area contributed by atoms with Gasteiger partial charge in [0, 0.05) is 26.1 Å². The highest BCUT2D eigenvalue weighted by Gasteiger charge is 2.22. The van der Waals surface area contributed by atoms with Gasteiger partial charge in [-0.25, -0.2) is 0 Å². The van der Waals surface area contributed by atoms with Gasteiger partial charge in [0.15, 0.2) is 0 Å². The average Bonchev–Trinajstić information content (AvgIpc) is 2.30. The first-order valence-corrected chi connectivity index (χ1v) is 6.64. The summed E-state index contributed by atoms with van der Waals surface area (Å²) < 4.78 is 5.06. The summed E-state index contributed by atoms with van der Waals surface area (Å²) in [6.45, 7) is 7.53. The number of amides is 1. The third kappa shape index (κ3) is 5.04. The van der Waals surface area contributed by atoms with Crippen molar-refractivity contribution < 1.29 is 9.53 Å². The normalized spacial score (nSPS) is 20.6. The van der Waals surface area contributed by atoms with Crippen molar-refractivity contribution in [3.63, 3.8) is 0 Å². The highest BCUT2D eigenvalue weighted by Crippen LogP contribution is 2.16. The molecule has 1 aliphatic heterocycles. The van der Waals surface area contributed by atoms with E-state index < -0.39 is 0 Å². The Bertz CT molecular complexity index is 225. The molecule has 4 heteroatoms. The lowest BCUT2D eigenvalue weighted by Gasteiger charge is -2.29. The minimum Gasteiger partial charge on any atom is -0.383 e. The highest BCUT2D eigenvalue weighted by atomic mass is 16.5. The van der Waals surface area contributed by atoms with Crippen LogP contribution in [-0.4, -0.2) is 50.2 Å². The van der Waals surface area contributed by atoms with Crippen LogP contribution < -0.4 is 5.32 Å². The number of carbonyl (C=O) groups is 1. The van der Waals surface area contributed by atoms with Gasteiger partial charge in [-0.2, -0.15) is 0 Å². The van der Waals surface area contributed by atoms with E-state index in [0.717, 1.165) is 13.1 Å². The van der Waals surface area contributed by atoms with Crippen LogP contribution >= 0.6 is 0 Å². The maximum absolute atomic E-state index is 12.2. The number of rotatable bonds is 6. The van der Waals surface area contributed by atoms with Crippen LogP contribution in [0, 0.1) is 5.92 Å². The molecule has 0 aromatic rings. The second-order valence-electron chi connectivity index (χ2n) is 5.09. The summed E-state index contributed by atoms with van der Waals surface area (Å²) >= 11 is 0. The lowest BCUT2D eigenvalue weighted by molar-refractivity contribution is -0.134. The second kappa shape index (κ2) is 7.67. The van der Waals surface area contributed by atoms with Gasteiger partial charge in [-0.3, -0.25) is 4.79 Å². The summed E-state index contributed by atoms with van der Waals surface area (Å²) in [5, 5.41) is 3.36. The molecular formula is C13H26N2O2. The standard InChI is InChI=1S/C13H26N2O2/c1-11(2)15(7-8-17-3)13(16)9-12-5-4-6-14-10-12/h11-12,14H,4-10H2,1-3H3. The van der Waals surface area contributed by atoms with Crippen LogP contribution in [0.15, 0.2) is 0 Å². The van der Waals surface area contributed by atoms with Crippen LogP contribution in [0.3, 0.4) is 0 Å². The molecule has 0 bridgehead atoms. The summed E-state index contributed by atoms with van der Waals surface area (Å²) in [5.74, 6) is 0.783. The Hall–Kier alpha value is -0.610. The maximum atomic E-state index is 12.2. The third-order valence-corrected chi connectivity index (χ3v) is 3.34. The molecule has 1 saturated heterocycles. The van der Waals surface area contributed by atoms with Gasteiger partial charge in [-0.15, -0.1) is 0 Å². The van der Waals surface area contributed by atoms with Gasteiger partial charge in [0.1, 0.15) is 0 Å². The van der Waals surface area contributed by atoms with Crippen LogP contribution in [0.1, 0.15) is 33.1 Å². The van der Waals surface area contributed by atoms with Gasteiger partial charge >= 0.3 is 0 Å². The van der Waals surface area contributed by atoms with E-state index in [9.17, 15) is 4.79 Å². The zero-order valence-electron chi connectivity index (χ0n) is 11.4. The molecule has 0 radical (unpaired) electrons. The third-order valence-electron chi connectivity index (χ3n) is 3.34. The molecule has 0 spiro atoms. The molecule has 0 saturated carbocycles. The quantitative estimate of drug-likeness (QED) is 0.762. The summed E-state index contributed by atoms with van der Waals surface area (Å²) in [6, 6.07) is 0.259. The largest absolute Gasteiger partial charge is 0.383 e. The topological polar surface area (TPSA) is 41.6 Å². The number of carbonyl (C=O) groups excluding carboxylic acids is 1. The Kier molecular flexibility index (Phi) is 6.52. The van der Waals surface area contributed by atoms with Gasteiger partial charge in [0.05, 0.1) is 6.61 Å². The van der Waals surface area contributed by atoms with E-state index in [-0.39, 0.29) is 11.9 Å².